The van der Waals surface area contributed by atoms with Crippen LogP contribution in [0.3, 0.4) is 0 Å². The number of hydrogen-bond donors (Lipinski definition) is 1. The summed E-state index contributed by atoms with van der Waals surface area (Å²) >= 11 is 0. The molecule has 2 amide bonds. The number of carbonyl (C=O) groups is 2. The second kappa shape index (κ2) is 15.6. The van der Waals surface area contributed by atoms with Crippen molar-refractivity contribution in [1.82, 2.24) is 14.9 Å². The molecule has 0 aliphatic carbocycles. The summed E-state index contributed by atoms with van der Waals surface area (Å²) in [5, 5.41) is 4.68. The van der Waals surface area contributed by atoms with E-state index < -0.39 is 17.2 Å². The fourth-order valence-corrected chi connectivity index (χ4v) is 4.85. The second-order valence-electron chi connectivity index (χ2n) is 10.5. The van der Waals surface area contributed by atoms with E-state index in [9.17, 15) is 18.8 Å². The maximum absolute atomic E-state index is 13.9. The van der Waals surface area contributed by atoms with Gasteiger partial charge < -0.3 is 19.7 Å². The van der Waals surface area contributed by atoms with Crippen LogP contribution in [0.1, 0.15) is 64.1 Å². The Hall–Kier alpha value is -4.86. The Kier molecular flexibility index (Phi) is 11.3. The van der Waals surface area contributed by atoms with E-state index >= 15 is 0 Å². The fourth-order valence-electron chi connectivity index (χ4n) is 4.85. The molecule has 10 heteroatoms. The molecule has 4 rings (SSSR count). The number of benzene rings is 2. The Labute approximate surface area is 257 Å². The van der Waals surface area contributed by atoms with Gasteiger partial charge in [-0.25, -0.2) is 4.39 Å². The molecule has 0 fully saturated rings. The maximum atomic E-state index is 13.9. The van der Waals surface area contributed by atoms with E-state index in [0.717, 1.165) is 31.2 Å². The third-order valence-corrected chi connectivity index (χ3v) is 7.22. The smallest absolute Gasteiger partial charge is 0.277 e. The van der Waals surface area contributed by atoms with Crippen LogP contribution in [0.4, 0.5) is 4.39 Å². The third kappa shape index (κ3) is 7.94. The molecule has 0 bridgehead atoms. The summed E-state index contributed by atoms with van der Waals surface area (Å²) in [5.41, 5.74) is 0.540. The van der Waals surface area contributed by atoms with Crippen molar-refractivity contribution in [2.75, 3.05) is 31.9 Å². The molecule has 232 valence electrons. The Balaban J connectivity index is 1.67. The average molecular weight is 603 g/mol. The van der Waals surface area contributed by atoms with E-state index in [2.05, 4.69) is 18.5 Å². The minimum atomic E-state index is -0.694. The minimum Gasteiger partial charge on any atom is -0.493 e. The Morgan fingerprint density at radius 1 is 1.02 bits per heavy atom. The van der Waals surface area contributed by atoms with Crippen molar-refractivity contribution in [1.29, 1.82) is 0 Å². The van der Waals surface area contributed by atoms with Gasteiger partial charge in [0.2, 0.25) is 5.43 Å². The van der Waals surface area contributed by atoms with E-state index in [-0.39, 0.29) is 48.5 Å². The van der Waals surface area contributed by atoms with Gasteiger partial charge in [0.1, 0.15) is 30.4 Å². The highest BCUT2D eigenvalue weighted by atomic mass is 19.1. The molecule has 0 saturated heterocycles. The second-order valence-corrected chi connectivity index (χ2v) is 10.5. The predicted octanol–water partition coefficient (Wildman–Crippen LogP) is 5.18. The van der Waals surface area contributed by atoms with Gasteiger partial charge in [0.25, 0.3) is 11.8 Å². The zero-order valence-corrected chi connectivity index (χ0v) is 25.1. The van der Waals surface area contributed by atoms with Crippen molar-refractivity contribution >= 4 is 11.8 Å². The van der Waals surface area contributed by atoms with Crippen LogP contribution in [-0.4, -0.2) is 48.3 Å². The summed E-state index contributed by atoms with van der Waals surface area (Å²) in [6, 6.07) is 13.3. The van der Waals surface area contributed by atoms with Gasteiger partial charge in [-0.2, -0.15) is 0 Å². The summed E-state index contributed by atoms with van der Waals surface area (Å²) in [5.74, 6) is -1.41. The number of nitrogens with zero attached hydrogens (tertiary/aromatic N) is 3. The first-order valence-electron chi connectivity index (χ1n) is 14.7. The monoisotopic (exact) mass is 602 g/mol. The standard InChI is InChI=1S/C34H39FN4O5/c1-4-6-8-9-13-18-38-24-37(3)34(42)30-32(44-23-25-14-11-10-12-15-25)31(40)28(22-39(30)38)33(41)36-21-26-16-17-27(35)20-29(26)43-19-7-5-2/h4-5,10-12,14-17,20,22H,1-2,6-9,13,18-19,21,23-24H2,3H3,(H,36,41). The summed E-state index contributed by atoms with van der Waals surface area (Å²) in [7, 11) is 1.67. The highest BCUT2D eigenvalue weighted by molar-refractivity contribution is 5.99. The lowest BCUT2D eigenvalue weighted by Gasteiger charge is -2.38. The fraction of sp³-hybridized carbons (Fsp3) is 0.324. The molecule has 0 unspecified atom stereocenters. The molecule has 2 heterocycles. The van der Waals surface area contributed by atoms with E-state index in [1.807, 2.05) is 41.4 Å². The van der Waals surface area contributed by atoms with E-state index in [1.165, 1.54) is 29.3 Å². The SMILES string of the molecule is C=CCCCCCN1CN(C)C(=O)c2c(OCc3ccccc3)c(=O)c(C(=O)NCc3ccc(F)cc3OCCC=C)cn21. The number of aromatic nitrogens is 1. The largest absolute Gasteiger partial charge is 0.493 e. The first kappa shape index (κ1) is 32.1. The van der Waals surface area contributed by atoms with Crippen molar-refractivity contribution in [3.63, 3.8) is 0 Å². The van der Waals surface area contributed by atoms with E-state index in [0.29, 0.717) is 25.1 Å². The highest BCUT2D eigenvalue weighted by Gasteiger charge is 2.33. The Morgan fingerprint density at radius 3 is 2.55 bits per heavy atom. The van der Waals surface area contributed by atoms with Crippen LogP contribution >= 0.6 is 0 Å². The first-order valence-corrected chi connectivity index (χ1v) is 14.7. The van der Waals surface area contributed by atoms with Crippen molar-refractivity contribution in [3.05, 3.63) is 118 Å². The zero-order chi connectivity index (χ0) is 31.5. The van der Waals surface area contributed by atoms with Crippen LogP contribution in [-0.2, 0) is 13.2 Å². The van der Waals surface area contributed by atoms with Crippen molar-refractivity contribution in [2.24, 2.45) is 0 Å². The predicted molar refractivity (Wildman–Crippen MR) is 168 cm³/mol. The molecular formula is C34H39FN4O5. The summed E-state index contributed by atoms with van der Waals surface area (Å²) < 4.78 is 27.2. The lowest BCUT2D eigenvalue weighted by Crippen LogP contribution is -2.53. The lowest BCUT2D eigenvalue weighted by atomic mass is 10.1. The molecule has 0 radical (unpaired) electrons. The van der Waals surface area contributed by atoms with Gasteiger partial charge in [-0.1, -0.05) is 55.0 Å². The van der Waals surface area contributed by atoms with Gasteiger partial charge in [0, 0.05) is 38.0 Å². The third-order valence-electron chi connectivity index (χ3n) is 7.22. The van der Waals surface area contributed by atoms with Crippen LogP contribution < -0.4 is 25.2 Å². The minimum absolute atomic E-state index is 0.0153. The number of hydrogen-bond acceptors (Lipinski definition) is 6. The molecule has 9 nitrogen and oxygen atoms in total. The molecule has 1 aromatic heterocycles. The highest BCUT2D eigenvalue weighted by Crippen LogP contribution is 2.24. The normalized spacial score (nSPS) is 12.5. The molecule has 3 aromatic rings. The van der Waals surface area contributed by atoms with Gasteiger partial charge in [0.05, 0.1) is 6.61 Å². The number of nitrogens with one attached hydrogen (secondary N) is 1. The van der Waals surface area contributed by atoms with Crippen LogP contribution in [0.2, 0.25) is 0 Å². The summed E-state index contributed by atoms with van der Waals surface area (Å²) in [6.07, 6.45) is 9.24. The van der Waals surface area contributed by atoms with Gasteiger partial charge in [0.15, 0.2) is 11.4 Å². The zero-order valence-electron chi connectivity index (χ0n) is 25.1. The van der Waals surface area contributed by atoms with Gasteiger partial charge in [-0.05, 0) is 37.3 Å². The van der Waals surface area contributed by atoms with Crippen LogP contribution in [0.15, 0.2) is 84.8 Å². The summed E-state index contributed by atoms with van der Waals surface area (Å²) in [4.78, 5) is 42.3. The maximum Gasteiger partial charge on any atom is 0.277 e. The number of allylic oxidation sites excluding steroid dienone is 1. The number of fused-ring (bicyclic) bond motifs is 1. The molecule has 1 aliphatic rings. The molecule has 0 spiro atoms. The molecule has 2 aromatic carbocycles. The molecule has 1 N–H and O–H groups in total. The molecule has 0 saturated carbocycles. The Bertz CT molecular complexity index is 1540. The lowest BCUT2D eigenvalue weighted by molar-refractivity contribution is 0.0727. The van der Waals surface area contributed by atoms with Crippen LogP contribution in [0.5, 0.6) is 11.5 Å². The van der Waals surface area contributed by atoms with Crippen molar-refractivity contribution < 1.29 is 23.5 Å². The van der Waals surface area contributed by atoms with Crippen molar-refractivity contribution in [2.45, 2.75) is 45.3 Å². The van der Waals surface area contributed by atoms with Crippen LogP contribution in [0, 0.1) is 5.82 Å². The number of ether oxygens (including phenoxy) is 2. The van der Waals surface area contributed by atoms with E-state index in [1.54, 1.807) is 17.8 Å². The van der Waals surface area contributed by atoms with Gasteiger partial charge in [-0.3, -0.25) is 24.1 Å². The number of pyridine rings is 1. The number of halogens is 1. The molecule has 1 aliphatic heterocycles. The van der Waals surface area contributed by atoms with E-state index in [4.69, 9.17) is 9.47 Å². The number of amides is 2. The van der Waals surface area contributed by atoms with Crippen LogP contribution in [0.25, 0.3) is 0 Å². The quantitative estimate of drug-likeness (QED) is 0.180. The first-order chi connectivity index (χ1) is 21.3. The Morgan fingerprint density at radius 2 is 1.80 bits per heavy atom. The summed E-state index contributed by atoms with van der Waals surface area (Å²) in [6.45, 7) is 8.61. The number of carbonyl (C=O) groups excluding carboxylic acids is 2. The molecular weight excluding hydrogens is 563 g/mol. The molecule has 0 atom stereocenters. The van der Waals surface area contributed by atoms with Gasteiger partial charge in [-0.15, -0.1) is 13.2 Å². The van der Waals surface area contributed by atoms with Gasteiger partial charge >= 0.3 is 0 Å². The molecule has 44 heavy (non-hydrogen) atoms. The topological polar surface area (TPSA) is 93.1 Å². The van der Waals surface area contributed by atoms with Crippen molar-refractivity contribution in [3.8, 4) is 11.5 Å². The number of unbranched alkanes of at least 4 members (excludes halogenated alkanes) is 3. The average Bonchev–Trinajstić information content (AvgIpc) is 3.02. The number of rotatable bonds is 16.